The van der Waals surface area contributed by atoms with Crippen LogP contribution in [-0.4, -0.2) is 35.3 Å². The molecule has 0 N–H and O–H groups in total. The van der Waals surface area contributed by atoms with Crippen LogP contribution >= 0.6 is 15.9 Å². The number of nitrogens with zero attached hydrogens (tertiary/aromatic N) is 1. The van der Waals surface area contributed by atoms with E-state index in [2.05, 4.69) is 22.9 Å². The van der Waals surface area contributed by atoms with Crippen molar-refractivity contribution in [1.82, 2.24) is 4.90 Å². The van der Waals surface area contributed by atoms with Crippen LogP contribution in [0.1, 0.15) is 36.5 Å². The van der Waals surface area contributed by atoms with Gasteiger partial charge in [0.25, 0.3) is 5.91 Å². The van der Waals surface area contributed by atoms with Gasteiger partial charge in [0.05, 0.1) is 6.61 Å². The van der Waals surface area contributed by atoms with E-state index in [0.717, 1.165) is 43.7 Å². The second-order valence-electron chi connectivity index (χ2n) is 4.84. The van der Waals surface area contributed by atoms with Crippen molar-refractivity contribution in [3.8, 4) is 5.75 Å². The first-order valence-corrected chi connectivity index (χ1v) is 7.78. The number of piperidine rings is 1. The summed E-state index contributed by atoms with van der Waals surface area (Å²) in [5.74, 6) is 0.893. The molecule has 1 fully saturated rings. The number of carbonyl (C=O) groups is 1. The van der Waals surface area contributed by atoms with Gasteiger partial charge in [-0.2, -0.15) is 0 Å². The molecular formula is C15H20BrNO2. The van der Waals surface area contributed by atoms with Crippen LogP contribution < -0.4 is 4.74 Å². The predicted octanol–water partition coefficient (Wildman–Crippen LogP) is 3.47. The van der Waals surface area contributed by atoms with Gasteiger partial charge in [-0.05, 0) is 37.5 Å². The van der Waals surface area contributed by atoms with Crippen molar-refractivity contribution >= 4 is 21.8 Å². The highest BCUT2D eigenvalue weighted by Gasteiger charge is 2.22. The van der Waals surface area contributed by atoms with Crippen molar-refractivity contribution in [1.29, 1.82) is 0 Å². The van der Waals surface area contributed by atoms with E-state index in [9.17, 15) is 4.79 Å². The van der Waals surface area contributed by atoms with E-state index in [1.807, 2.05) is 29.2 Å². The van der Waals surface area contributed by atoms with Gasteiger partial charge < -0.3 is 9.64 Å². The van der Waals surface area contributed by atoms with Crippen molar-refractivity contribution in [2.24, 2.45) is 0 Å². The Hall–Kier alpha value is -1.03. The van der Waals surface area contributed by atoms with Crippen LogP contribution in [0.4, 0.5) is 0 Å². The SMILES string of the molecule is CCCOc1cccc(C(=O)N2CCC(Br)CC2)c1. The summed E-state index contributed by atoms with van der Waals surface area (Å²) in [7, 11) is 0. The zero-order valence-corrected chi connectivity index (χ0v) is 12.9. The third-order valence-corrected chi connectivity index (χ3v) is 4.18. The van der Waals surface area contributed by atoms with Crippen LogP contribution in [0.2, 0.25) is 0 Å². The van der Waals surface area contributed by atoms with Crippen LogP contribution in [0, 0.1) is 0 Å². The Morgan fingerprint density at radius 1 is 1.42 bits per heavy atom. The molecule has 0 spiro atoms. The quantitative estimate of drug-likeness (QED) is 0.793. The van der Waals surface area contributed by atoms with Gasteiger partial charge in [0.2, 0.25) is 0 Å². The normalized spacial score (nSPS) is 16.4. The first-order chi connectivity index (χ1) is 9.20. The molecule has 0 radical (unpaired) electrons. The Kier molecular flexibility index (Phi) is 5.25. The number of ether oxygens (including phenoxy) is 1. The number of rotatable bonds is 4. The molecule has 4 heteroatoms. The number of carbonyl (C=O) groups excluding carboxylic acids is 1. The number of hydrogen-bond donors (Lipinski definition) is 0. The van der Waals surface area contributed by atoms with Gasteiger partial charge in [0.15, 0.2) is 0 Å². The van der Waals surface area contributed by atoms with Crippen molar-refractivity contribution in [2.75, 3.05) is 19.7 Å². The monoisotopic (exact) mass is 325 g/mol. The number of alkyl halides is 1. The van der Waals surface area contributed by atoms with Crippen LogP contribution in [0.15, 0.2) is 24.3 Å². The topological polar surface area (TPSA) is 29.5 Å². The zero-order chi connectivity index (χ0) is 13.7. The Bertz CT molecular complexity index is 428. The van der Waals surface area contributed by atoms with Crippen molar-refractivity contribution in [3.05, 3.63) is 29.8 Å². The van der Waals surface area contributed by atoms with Crippen molar-refractivity contribution in [3.63, 3.8) is 0 Å². The number of benzene rings is 1. The van der Waals surface area contributed by atoms with Crippen LogP contribution in [0.5, 0.6) is 5.75 Å². The first-order valence-electron chi connectivity index (χ1n) is 6.87. The fraction of sp³-hybridized carbons (Fsp3) is 0.533. The molecule has 0 aliphatic carbocycles. The molecule has 1 aliphatic rings. The maximum Gasteiger partial charge on any atom is 0.253 e. The van der Waals surface area contributed by atoms with E-state index >= 15 is 0 Å². The Morgan fingerprint density at radius 3 is 2.84 bits per heavy atom. The molecule has 1 aromatic rings. The summed E-state index contributed by atoms with van der Waals surface area (Å²) in [6.07, 6.45) is 3.02. The van der Waals surface area contributed by atoms with E-state index in [4.69, 9.17) is 4.74 Å². The van der Waals surface area contributed by atoms with E-state index < -0.39 is 0 Å². The molecule has 19 heavy (non-hydrogen) atoms. The molecule has 0 bridgehead atoms. The summed E-state index contributed by atoms with van der Waals surface area (Å²) < 4.78 is 5.57. The maximum atomic E-state index is 12.4. The Balaban J connectivity index is 2.02. The van der Waals surface area contributed by atoms with E-state index in [1.165, 1.54) is 0 Å². The summed E-state index contributed by atoms with van der Waals surface area (Å²) >= 11 is 3.60. The van der Waals surface area contributed by atoms with E-state index in [1.54, 1.807) is 0 Å². The van der Waals surface area contributed by atoms with E-state index in [0.29, 0.717) is 11.4 Å². The molecule has 1 aromatic carbocycles. The standard InChI is InChI=1S/C15H20BrNO2/c1-2-10-19-14-5-3-4-12(11-14)15(18)17-8-6-13(16)7-9-17/h3-5,11,13H,2,6-10H2,1H3. The zero-order valence-electron chi connectivity index (χ0n) is 11.3. The molecule has 104 valence electrons. The smallest absolute Gasteiger partial charge is 0.253 e. The Labute approximate surface area is 123 Å². The third-order valence-electron chi connectivity index (χ3n) is 3.27. The van der Waals surface area contributed by atoms with Crippen molar-refractivity contribution in [2.45, 2.75) is 31.0 Å². The minimum atomic E-state index is 0.112. The average Bonchev–Trinajstić information content (AvgIpc) is 2.45. The van der Waals surface area contributed by atoms with Gasteiger partial charge in [0.1, 0.15) is 5.75 Å². The molecular weight excluding hydrogens is 306 g/mol. The fourth-order valence-corrected chi connectivity index (χ4v) is 2.58. The van der Waals surface area contributed by atoms with Crippen LogP contribution in [0.25, 0.3) is 0 Å². The lowest BCUT2D eigenvalue weighted by molar-refractivity contribution is 0.0728. The number of amides is 1. The highest BCUT2D eigenvalue weighted by Crippen LogP contribution is 2.21. The van der Waals surface area contributed by atoms with Gasteiger partial charge in [-0.25, -0.2) is 0 Å². The molecule has 1 amide bonds. The molecule has 2 rings (SSSR count). The number of likely N-dealkylation sites (tertiary alicyclic amines) is 1. The summed E-state index contributed by atoms with van der Waals surface area (Å²) in [6.45, 7) is 4.41. The second-order valence-corrected chi connectivity index (χ2v) is 6.14. The summed E-state index contributed by atoms with van der Waals surface area (Å²) in [5, 5.41) is 0. The lowest BCUT2D eigenvalue weighted by Crippen LogP contribution is -2.38. The Morgan fingerprint density at radius 2 is 2.16 bits per heavy atom. The lowest BCUT2D eigenvalue weighted by Gasteiger charge is -2.29. The van der Waals surface area contributed by atoms with Gasteiger partial charge in [-0.3, -0.25) is 4.79 Å². The van der Waals surface area contributed by atoms with Gasteiger partial charge in [-0.15, -0.1) is 0 Å². The molecule has 1 heterocycles. The van der Waals surface area contributed by atoms with Gasteiger partial charge in [-0.1, -0.05) is 28.9 Å². The van der Waals surface area contributed by atoms with Gasteiger partial charge >= 0.3 is 0 Å². The van der Waals surface area contributed by atoms with Crippen molar-refractivity contribution < 1.29 is 9.53 Å². The largest absolute Gasteiger partial charge is 0.494 e. The average molecular weight is 326 g/mol. The predicted molar refractivity (Wildman–Crippen MR) is 80.1 cm³/mol. The second kappa shape index (κ2) is 6.94. The van der Waals surface area contributed by atoms with Gasteiger partial charge in [0, 0.05) is 23.5 Å². The van der Waals surface area contributed by atoms with Crippen LogP contribution in [-0.2, 0) is 0 Å². The molecule has 0 atom stereocenters. The third kappa shape index (κ3) is 3.96. The number of hydrogen-bond acceptors (Lipinski definition) is 2. The highest BCUT2D eigenvalue weighted by atomic mass is 79.9. The fourth-order valence-electron chi connectivity index (χ4n) is 2.17. The minimum Gasteiger partial charge on any atom is -0.494 e. The summed E-state index contributed by atoms with van der Waals surface area (Å²) in [4.78, 5) is 14.9. The molecule has 1 aliphatic heterocycles. The molecule has 0 aromatic heterocycles. The van der Waals surface area contributed by atoms with Crippen LogP contribution in [0.3, 0.4) is 0 Å². The molecule has 3 nitrogen and oxygen atoms in total. The molecule has 0 unspecified atom stereocenters. The minimum absolute atomic E-state index is 0.112. The lowest BCUT2D eigenvalue weighted by atomic mass is 10.1. The maximum absolute atomic E-state index is 12.4. The molecule has 1 saturated heterocycles. The number of halogens is 1. The summed E-state index contributed by atoms with van der Waals surface area (Å²) in [6, 6.07) is 7.49. The van der Waals surface area contributed by atoms with E-state index in [-0.39, 0.29) is 5.91 Å². The first kappa shape index (κ1) is 14.4. The summed E-state index contributed by atoms with van der Waals surface area (Å²) in [5.41, 5.74) is 0.724. The highest BCUT2D eigenvalue weighted by molar-refractivity contribution is 9.09. The molecule has 0 saturated carbocycles.